The third-order valence-electron chi connectivity index (χ3n) is 2.78. The lowest BCUT2D eigenvalue weighted by Crippen LogP contribution is -2.28. The second-order valence-electron chi connectivity index (χ2n) is 4.34. The number of amides is 1. The first kappa shape index (κ1) is 13.7. The third-order valence-corrected chi connectivity index (χ3v) is 3.27. The minimum atomic E-state index is -0.0781. The minimum absolute atomic E-state index is 0.0781. The molecule has 5 heteroatoms. The van der Waals surface area contributed by atoms with E-state index in [9.17, 15) is 4.79 Å². The molecule has 2 rings (SSSR count). The Hall–Kier alpha value is -1.75. The molecule has 0 unspecified atom stereocenters. The van der Waals surface area contributed by atoms with Crippen LogP contribution in [0.3, 0.4) is 0 Å². The summed E-state index contributed by atoms with van der Waals surface area (Å²) in [6, 6.07) is 11.5. The van der Waals surface area contributed by atoms with Gasteiger partial charge in [-0.25, -0.2) is 0 Å². The molecule has 19 heavy (non-hydrogen) atoms. The molecule has 2 N–H and O–H groups in total. The fourth-order valence-corrected chi connectivity index (χ4v) is 2.24. The zero-order chi connectivity index (χ0) is 13.8. The van der Waals surface area contributed by atoms with Crippen LogP contribution in [0, 0.1) is 13.8 Å². The number of halogens is 1. The molecule has 0 aliphatic rings. The quantitative estimate of drug-likeness (QED) is 0.909. The Labute approximate surface area is 120 Å². The smallest absolute Gasteiger partial charge is 0.245 e. The lowest BCUT2D eigenvalue weighted by Gasteiger charge is -2.12. The van der Waals surface area contributed by atoms with E-state index in [4.69, 9.17) is 0 Å². The predicted octanol–water partition coefficient (Wildman–Crippen LogP) is 3.05. The molecule has 0 aliphatic heterocycles. The lowest BCUT2D eigenvalue weighted by molar-refractivity contribution is -0.114. The lowest BCUT2D eigenvalue weighted by atomic mass is 10.3. The SMILES string of the molecule is Cc1ccc(C)n1NCC(=O)Nc1cccc(Br)c1. The third kappa shape index (κ3) is 3.61. The number of nitrogens with zero attached hydrogens (tertiary/aromatic N) is 1. The van der Waals surface area contributed by atoms with Gasteiger partial charge in [-0.2, -0.15) is 0 Å². The number of rotatable bonds is 4. The summed E-state index contributed by atoms with van der Waals surface area (Å²) in [6.45, 7) is 4.21. The van der Waals surface area contributed by atoms with Crippen LogP contribution in [0.5, 0.6) is 0 Å². The zero-order valence-electron chi connectivity index (χ0n) is 10.9. The second kappa shape index (κ2) is 5.93. The molecule has 0 atom stereocenters. The van der Waals surface area contributed by atoms with Gasteiger partial charge in [0, 0.05) is 21.5 Å². The Morgan fingerprint density at radius 3 is 2.53 bits per heavy atom. The van der Waals surface area contributed by atoms with Gasteiger partial charge in [0.15, 0.2) is 0 Å². The summed E-state index contributed by atoms with van der Waals surface area (Å²) >= 11 is 3.37. The van der Waals surface area contributed by atoms with Gasteiger partial charge in [-0.3, -0.25) is 9.47 Å². The van der Waals surface area contributed by atoms with E-state index in [0.717, 1.165) is 21.5 Å². The van der Waals surface area contributed by atoms with Gasteiger partial charge < -0.3 is 10.7 Å². The average molecular weight is 322 g/mol. The van der Waals surface area contributed by atoms with E-state index in [2.05, 4.69) is 26.7 Å². The molecule has 1 heterocycles. The fraction of sp³-hybridized carbons (Fsp3) is 0.214. The standard InChI is InChI=1S/C14H16BrN3O/c1-10-6-7-11(2)18(10)16-9-14(19)17-13-5-3-4-12(15)8-13/h3-8,16H,9H2,1-2H3,(H,17,19). The molecule has 0 bridgehead atoms. The van der Waals surface area contributed by atoms with E-state index in [0.29, 0.717) is 0 Å². The topological polar surface area (TPSA) is 46.1 Å². The van der Waals surface area contributed by atoms with Crippen LogP contribution in [-0.2, 0) is 4.79 Å². The van der Waals surface area contributed by atoms with E-state index in [-0.39, 0.29) is 12.5 Å². The summed E-state index contributed by atoms with van der Waals surface area (Å²) < 4.78 is 2.84. The van der Waals surface area contributed by atoms with Crippen molar-refractivity contribution in [3.05, 3.63) is 52.3 Å². The van der Waals surface area contributed by atoms with E-state index in [1.807, 2.05) is 54.9 Å². The number of anilines is 1. The first-order chi connectivity index (χ1) is 9.06. The van der Waals surface area contributed by atoms with Crippen molar-refractivity contribution in [1.29, 1.82) is 0 Å². The van der Waals surface area contributed by atoms with Crippen molar-refractivity contribution in [1.82, 2.24) is 4.68 Å². The van der Waals surface area contributed by atoms with Crippen molar-refractivity contribution in [3.8, 4) is 0 Å². The summed E-state index contributed by atoms with van der Waals surface area (Å²) in [4.78, 5) is 11.8. The molecule has 1 amide bonds. The molecular formula is C14H16BrN3O. The number of hydrogen-bond acceptors (Lipinski definition) is 2. The number of carbonyl (C=O) groups excluding carboxylic acids is 1. The van der Waals surface area contributed by atoms with Crippen LogP contribution >= 0.6 is 15.9 Å². The van der Waals surface area contributed by atoms with Crippen LogP contribution in [0.4, 0.5) is 5.69 Å². The summed E-state index contributed by atoms with van der Waals surface area (Å²) in [6.07, 6.45) is 0. The van der Waals surface area contributed by atoms with Crippen molar-refractivity contribution in [2.24, 2.45) is 0 Å². The minimum Gasteiger partial charge on any atom is -0.324 e. The number of benzene rings is 1. The Balaban J connectivity index is 1.92. The van der Waals surface area contributed by atoms with Gasteiger partial charge in [0.25, 0.3) is 0 Å². The summed E-state index contributed by atoms with van der Waals surface area (Å²) in [5, 5.41) is 2.84. The number of hydrogen-bond donors (Lipinski definition) is 2. The van der Waals surface area contributed by atoms with Crippen molar-refractivity contribution in [2.75, 3.05) is 17.3 Å². The predicted molar refractivity (Wildman–Crippen MR) is 80.9 cm³/mol. The molecular weight excluding hydrogens is 306 g/mol. The maximum absolute atomic E-state index is 11.8. The highest BCUT2D eigenvalue weighted by Crippen LogP contribution is 2.15. The van der Waals surface area contributed by atoms with Crippen LogP contribution < -0.4 is 10.7 Å². The molecule has 4 nitrogen and oxygen atoms in total. The zero-order valence-corrected chi connectivity index (χ0v) is 12.5. The van der Waals surface area contributed by atoms with Crippen LogP contribution in [0.1, 0.15) is 11.4 Å². The van der Waals surface area contributed by atoms with Gasteiger partial charge in [-0.05, 0) is 44.2 Å². The van der Waals surface area contributed by atoms with Crippen LogP contribution in [0.2, 0.25) is 0 Å². The molecule has 0 radical (unpaired) electrons. The first-order valence-corrected chi connectivity index (χ1v) is 6.80. The monoisotopic (exact) mass is 321 g/mol. The maximum Gasteiger partial charge on any atom is 0.245 e. The van der Waals surface area contributed by atoms with Gasteiger partial charge in [-0.15, -0.1) is 0 Å². The Bertz CT molecular complexity index is 573. The molecule has 1 aromatic carbocycles. The van der Waals surface area contributed by atoms with Gasteiger partial charge in [-0.1, -0.05) is 22.0 Å². The first-order valence-electron chi connectivity index (χ1n) is 6.00. The van der Waals surface area contributed by atoms with Gasteiger partial charge in [0.05, 0.1) is 0 Å². The maximum atomic E-state index is 11.8. The number of aryl methyl sites for hydroxylation is 2. The summed E-state index contributed by atoms with van der Waals surface area (Å²) in [5.74, 6) is -0.0781. The Morgan fingerprint density at radius 2 is 1.89 bits per heavy atom. The molecule has 0 spiro atoms. The van der Waals surface area contributed by atoms with E-state index in [1.165, 1.54) is 0 Å². The van der Waals surface area contributed by atoms with Crippen molar-refractivity contribution >= 4 is 27.5 Å². The molecule has 0 fully saturated rings. The highest BCUT2D eigenvalue weighted by Gasteiger charge is 2.05. The number of nitrogens with one attached hydrogen (secondary N) is 2. The van der Waals surface area contributed by atoms with Gasteiger partial charge in [0.1, 0.15) is 6.54 Å². The average Bonchev–Trinajstić information content (AvgIpc) is 2.67. The van der Waals surface area contributed by atoms with Crippen molar-refractivity contribution < 1.29 is 4.79 Å². The van der Waals surface area contributed by atoms with E-state index >= 15 is 0 Å². The normalized spacial score (nSPS) is 10.3. The fourth-order valence-electron chi connectivity index (χ4n) is 1.84. The van der Waals surface area contributed by atoms with Crippen molar-refractivity contribution in [3.63, 3.8) is 0 Å². The number of carbonyl (C=O) groups is 1. The van der Waals surface area contributed by atoms with E-state index < -0.39 is 0 Å². The molecule has 0 saturated carbocycles. The molecule has 1 aromatic heterocycles. The largest absolute Gasteiger partial charge is 0.324 e. The van der Waals surface area contributed by atoms with Crippen LogP contribution in [0.15, 0.2) is 40.9 Å². The summed E-state index contributed by atoms with van der Waals surface area (Å²) in [5.41, 5.74) is 6.02. The van der Waals surface area contributed by atoms with Crippen LogP contribution in [0.25, 0.3) is 0 Å². The summed E-state index contributed by atoms with van der Waals surface area (Å²) in [7, 11) is 0. The molecule has 0 saturated heterocycles. The Morgan fingerprint density at radius 1 is 1.21 bits per heavy atom. The van der Waals surface area contributed by atoms with E-state index in [1.54, 1.807) is 0 Å². The highest BCUT2D eigenvalue weighted by molar-refractivity contribution is 9.10. The Kier molecular flexibility index (Phi) is 4.27. The molecule has 2 aromatic rings. The molecule has 0 aliphatic carbocycles. The number of aromatic nitrogens is 1. The second-order valence-corrected chi connectivity index (χ2v) is 5.26. The highest BCUT2D eigenvalue weighted by atomic mass is 79.9. The van der Waals surface area contributed by atoms with Gasteiger partial charge in [0.2, 0.25) is 5.91 Å². The van der Waals surface area contributed by atoms with Crippen molar-refractivity contribution in [2.45, 2.75) is 13.8 Å². The molecule has 100 valence electrons. The van der Waals surface area contributed by atoms with Crippen LogP contribution in [-0.4, -0.2) is 17.1 Å². The van der Waals surface area contributed by atoms with Gasteiger partial charge >= 0.3 is 0 Å².